The normalized spacial score (nSPS) is 18.2. The number of phenolic OH excluding ortho intramolecular Hbond substituents is 1. The van der Waals surface area contributed by atoms with Crippen molar-refractivity contribution in [2.75, 3.05) is 6.54 Å². The summed E-state index contributed by atoms with van der Waals surface area (Å²) in [5, 5.41) is 10.5. The molecule has 0 radical (unpaired) electrons. The van der Waals surface area contributed by atoms with Gasteiger partial charge < -0.3 is 10.8 Å². The van der Waals surface area contributed by atoms with Crippen molar-refractivity contribution >= 4 is 11.6 Å². The Hall–Kier alpha value is -0.730. The van der Waals surface area contributed by atoms with Gasteiger partial charge in [0.15, 0.2) is 0 Å². The zero-order valence-electron chi connectivity index (χ0n) is 8.18. The van der Waals surface area contributed by atoms with E-state index in [0.29, 0.717) is 11.6 Å². The van der Waals surface area contributed by atoms with E-state index in [9.17, 15) is 5.11 Å². The summed E-state index contributed by atoms with van der Waals surface area (Å²) < 4.78 is 0. The van der Waals surface area contributed by atoms with E-state index in [0.717, 1.165) is 24.0 Å². The van der Waals surface area contributed by atoms with Gasteiger partial charge in [-0.25, -0.2) is 0 Å². The second kappa shape index (κ2) is 3.14. The summed E-state index contributed by atoms with van der Waals surface area (Å²) >= 11 is 6.12. The molecular weight excluding hydrogens is 198 g/mol. The Balaban J connectivity index is 2.53. The number of nitrogens with two attached hydrogens (primary N) is 1. The van der Waals surface area contributed by atoms with Crippen molar-refractivity contribution in [2.24, 2.45) is 5.73 Å². The van der Waals surface area contributed by atoms with Crippen LogP contribution in [-0.4, -0.2) is 11.7 Å². The van der Waals surface area contributed by atoms with Gasteiger partial charge in [0.2, 0.25) is 0 Å². The van der Waals surface area contributed by atoms with Crippen molar-refractivity contribution in [2.45, 2.75) is 25.2 Å². The number of hydrogen-bond donors (Lipinski definition) is 2. The topological polar surface area (TPSA) is 46.2 Å². The first kappa shape index (κ1) is 9.81. The lowest BCUT2D eigenvalue weighted by Crippen LogP contribution is -2.20. The summed E-state index contributed by atoms with van der Waals surface area (Å²) in [6.45, 7) is 2.47. The Labute approximate surface area is 88.7 Å². The van der Waals surface area contributed by atoms with E-state index >= 15 is 0 Å². The summed E-state index contributed by atoms with van der Waals surface area (Å²) in [4.78, 5) is 0. The molecular formula is C11H14ClNO. The third-order valence-corrected chi connectivity index (χ3v) is 3.29. The second-order valence-electron chi connectivity index (χ2n) is 4.13. The van der Waals surface area contributed by atoms with E-state index in [1.54, 1.807) is 6.07 Å². The molecule has 3 heteroatoms. The molecule has 14 heavy (non-hydrogen) atoms. The minimum absolute atomic E-state index is 0.0468. The lowest BCUT2D eigenvalue weighted by atomic mass is 9.94. The fourth-order valence-corrected chi connectivity index (χ4v) is 2.43. The summed E-state index contributed by atoms with van der Waals surface area (Å²) in [5.41, 5.74) is 7.48. The first-order valence-corrected chi connectivity index (χ1v) is 5.16. The van der Waals surface area contributed by atoms with Crippen molar-refractivity contribution in [3.05, 3.63) is 28.3 Å². The van der Waals surface area contributed by atoms with Crippen LogP contribution >= 0.6 is 11.6 Å². The van der Waals surface area contributed by atoms with Crippen molar-refractivity contribution in [3.63, 3.8) is 0 Å². The smallest absolute Gasteiger partial charge is 0.121 e. The molecule has 0 atom stereocenters. The van der Waals surface area contributed by atoms with Crippen molar-refractivity contribution < 1.29 is 5.11 Å². The van der Waals surface area contributed by atoms with E-state index in [2.05, 4.69) is 0 Å². The lowest BCUT2D eigenvalue weighted by Gasteiger charge is -2.17. The van der Waals surface area contributed by atoms with Gasteiger partial charge in [-0.05, 0) is 37.5 Å². The number of phenols is 1. The molecule has 0 spiro atoms. The van der Waals surface area contributed by atoms with Crippen molar-refractivity contribution in [1.82, 2.24) is 0 Å². The molecule has 0 amide bonds. The average molecular weight is 212 g/mol. The fraction of sp³-hybridized carbons (Fsp3) is 0.455. The molecule has 76 valence electrons. The lowest BCUT2D eigenvalue weighted by molar-refractivity contribution is 0.458. The molecule has 1 aliphatic carbocycles. The second-order valence-corrected chi connectivity index (χ2v) is 4.53. The van der Waals surface area contributed by atoms with Crippen LogP contribution in [0, 0.1) is 6.92 Å². The highest BCUT2D eigenvalue weighted by atomic mass is 35.5. The van der Waals surface area contributed by atoms with Crippen LogP contribution < -0.4 is 5.73 Å². The van der Waals surface area contributed by atoms with Gasteiger partial charge in [-0.15, -0.1) is 0 Å². The Morgan fingerprint density at radius 2 is 2.14 bits per heavy atom. The SMILES string of the molecule is Cc1cc(O)c(C2(CN)CC2)c(Cl)c1. The molecule has 1 aliphatic rings. The maximum absolute atomic E-state index is 9.84. The van der Waals surface area contributed by atoms with E-state index in [1.807, 2.05) is 13.0 Å². The van der Waals surface area contributed by atoms with Crippen LogP contribution in [0.15, 0.2) is 12.1 Å². The number of hydrogen-bond acceptors (Lipinski definition) is 2. The zero-order valence-corrected chi connectivity index (χ0v) is 8.93. The largest absolute Gasteiger partial charge is 0.508 e. The average Bonchev–Trinajstić information content (AvgIpc) is 2.83. The van der Waals surface area contributed by atoms with Crippen LogP contribution in [-0.2, 0) is 5.41 Å². The Morgan fingerprint density at radius 3 is 2.57 bits per heavy atom. The minimum atomic E-state index is -0.0468. The highest BCUT2D eigenvalue weighted by Crippen LogP contribution is 2.52. The Bertz CT molecular complexity index is 349. The molecule has 0 heterocycles. The number of halogens is 1. The minimum Gasteiger partial charge on any atom is -0.508 e. The quantitative estimate of drug-likeness (QED) is 0.789. The summed E-state index contributed by atoms with van der Waals surface area (Å²) in [5.74, 6) is 0.290. The Morgan fingerprint density at radius 1 is 1.50 bits per heavy atom. The van der Waals surface area contributed by atoms with Crippen LogP contribution in [0.1, 0.15) is 24.0 Å². The van der Waals surface area contributed by atoms with E-state index in [4.69, 9.17) is 17.3 Å². The number of aryl methyl sites for hydroxylation is 1. The van der Waals surface area contributed by atoms with Gasteiger partial charge in [0.05, 0.1) is 0 Å². The highest BCUT2D eigenvalue weighted by Gasteiger charge is 2.46. The van der Waals surface area contributed by atoms with Gasteiger partial charge in [-0.2, -0.15) is 0 Å². The first-order valence-electron chi connectivity index (χ1n) is 4.79. The van der Waals surface area contributed by atoms with Gasteiger partial charge in [0.25, 0.3) is 0 Å². The summed E-state index contributed by atoms with van der Waals surface area (Å²) in [6.07, 6.45) is 2.06. The molecule has 0 saturated heterocycles. The molecule has 0 aromatic heterocycles. The zero-order chi connectivity index (χ0) is 10.3. The van der Waals surface area contributed by atoms with E-state index in [1.165, 1.54) is 0 Å². The van der Waals surface area contributed by atoms with Crippen LogP contribution in [0.2, 0.25) is 5.02 Å². The van der Waals surface area contributed by atoms with Gasteiger partial charge in [-0.1, -0.05) is 11.6 Å². The maximum Gasteiger partial charge on any atom is 0.121 e. The van der Waals surface area contributed by atoms with E-state index in [-0.39, 0.29) is 11.2 Å². The van der Waals surface area contributed by atoms with Gasteiger partial charge in [-0.3, -0.25) is 0 Å². The molecule has 1 fully saturated rings. The van der Waals surface area contributed by atoms with Crippen LogP contribution in [0.25, 0.3) is 0 Å². The summed E-state index contributed by atoms with van der Waals surface area (Å²) in [7, 11) is 0. The molecule has 2 rings (SSSR count). The third-order valence-electron chi connectivity index (χ3n) is 2.99. The molecule has 1 aromatic carbocycles. The molecule has 1 aromatic rings. The molecule has 0 aliphatic heterocycles. The van der Waals surface area contributed by atoms with Crippen LogP contribution in [0.4, 0.5) is 0 Å². The van der Waals surface area contributed by atoms with Crippen LogP contribution in [0.3, 0.4) is 0 Å². The standard InChI is InChI=1S/C11H14ClNO/c1-7-4-8(12)10(9(14)5-7)11(6-13)2-3-11/h4-5,14H,2-3,6,13H2,1H3. The maximum atomic E-state index is 9.84. The molecule has 1 saturated carbocycles. The van der Waals surface area contributed by atoms with Gasteiger partial charge in [0, 0.05) is 22.5 Å². The molecule has 3 N–H and O–H groups in total. The monoisotopic (exact) mass is 211 g/mol. The third kappa shape index (κ3) is 1.39. The van der Waals surface area contributed by atoms with Crippen molar-refractivity contribution in [3.8, 4) is 5.75 Å². The van der Waals surface area contributed by atoms with E-state index < -0.39 is 0 Å². The van der Waals surface area contributed by atoms with Gasteiger partial charge in [0.1, 0.15) is 5.75 Å². The first-order chi connectivity index (χ1) is 6.59. The molecule has 0 unspecified atom stereocenters. The molecule has 0 bridgehead atoms. The number of rotatable bonds is 2. The number of benzene rings is 1. The predicted molar refractivity (Wildman–Crippen MR) is 57.8 cm³/mol. The predicted octanol–water partition coefficient (Wildman–Crippen LogP) is 2.34. The van der Waals surface area contributed by atoms with Crippen molar-refractivity contribution in [1.29, 1.82) is 0 Å². The van der Waals surface area contributed by atoms with Crippen LogP contribution in [0.5, 0.6) is 5.75 Å². The number of aromatic hydroxyl groups is 1. The molecule has 2 nitrogen and oxygen atoms in total. The summed E-state index contributed by atoms with van der Waals surface area (Å²) in [6, 6.07) is 3.63. The van der Waals surface area contributed by atoms with Gasteiger partial charge >= 0.3 is 0 Å². The Kier molecular flexibility index (Phi) is 2.20. The highest BCUT2D eigenvalue weighted by molar-refractivity contribution is 6.31. The fourth-order valence-electron chi connectivity index (χ4n) is 1.96.